The van der Waals surface area contributed by atoms with Gasteiger partial charge in [0.1, 0.15) is 5.75 Å². The third kappa shape index (κ3) is 6.03. The highest BCUT2D eigenvalue weighted by Crippen LogP contribution is 2.33. The van der Waals surface area contributed by atoms with E-state index in [-0.39, 0.29) is 36.6 Å². The fourth-order valence-electron chi connectivity index (χ4n) is 3.18. The predicted molar refractivity (Wildman–Crippen MR) is 107 cm³/mol. The molecular formula is C20H20F3N3O4S. The maximum Gasteiger partial charge on any atom is 0.573 e. The molecule has 0 spiro atoms. The summed E-state index contributed by atoms with van der Waals surface area (Å²) in [6.07, 6.45) is -3.67. The van der Waals surface area contributed by atoms with Crippen LogP contribution in [0.15, 0.2) is 24.3 Å². The monoisotopic (exact) mass is 455 g/mol. The average molecular weight is 455 g/mol. The number of anilines is 1. The van der Waals surface area contributed by atoms with Crippen molar-refractivity contribution in [3.8, 4) is 5.75 Å². The van der Waals surface area contributed by atoms with E-state index >= 15 is 0 Å². The summed E-state index contributed by atoms with van der Waals surface area (Å²) in [4.78, 5) is 41.4. The molecule has 0 bridgehead atoms. The van der Waals surface area contributed by atoms with Crippen LogP contribution in [0.3, 0.4) is 0 Å². The highest BCUT2D eigenvalue weighted by atomic mass is 32.1. The Morgan fingerprint density at radius 3 is 2.71 bits per heavy atom. The molecule has 7 nitrogen and oxygen atoms in total. The van der Waals surface area contributed by atoms with Crippen LogP contribution in [0.2, 0.25) is 0 Å². The molecule has 1 unspecified atom stereocenters. The number of hydrogen-bond acceptors (Lipinski definition) is 6. The van der Waals surface area contributed by atoms with Crippen LogP contribution in [0.1, 0.15) is 47.1 Å². The van der Waals surface area contributed by atoms with Crippen molar-refractivity contribution in [2.45, 2.75) is 45.5 Å². The quantitative estimate of drug-likeness (QED) is 0.661. The molecule has 1 aromatic heterocycles. The number of rotatable bonds is 7. The van der Waals surface area contributed by atoms with Gasteiger partial charge < -0.3 is 15.4 Å². The maximum absolute atomic E-state index is 12.6. The molecule has 0 saturated heterocycles. The molecule has 1 atom stereocenters. The number of Topliss-reactive ketones (excluding diaryl/α,β-unsaturated/α-hetero) is 1. The molecule has 1 aliphatic carbocycles. The van der Waals surface area contributed by atoms with Gasteiger partial charge >= 0.3 is 6.36 Å². The minimum atomic E-state index is -4.85. The fraction of sp³-hybridized carbons (Fsp3) is 0.400. The normalized spacial score (nSPS) is 15.9. The van der Waals surface area contributed by atoms with Crippen molar-refractivity contribution in [1.82, 2.24) is 10.3 Å². The van der Waals surface area contributed by atoms with Crippen molar-refractivity contribution in [3.63, 3.8) is 0 Å². The summed E-state index contributed by atoms with van der Waals surface area (Å²) in [7, 11) is 0. The lowest BCUT2D eigenvalue weighted by atomic mass is 9.89. The van der Waals surface area contributed by atoms with E-state index in [0.29, 0.717) is 28.5 Å². The van der Waals surface area contributed by atoms with Crippen molar-refractivity contribution in [3.05, 3.63) is 40.4 Å². The van der Waals surface area contributed by atoms with Crippen LogP contribution in [-0.2, 0) is 22.6 Å². The molecule has 0 radical (unpaired) electrons. The summed E-state index contributed by atoms with van der Waals surface area (Å²) in [6.45, 7) is 1.69. The third-order valence-corrected chi connectivity index (χ3v) is 5.62. The van der Waals surface area contributed by atoms with E-state index in [1.807, 2.05) is 6.92 Å². The smallest absolute Gasteiger partial charge is 0.405 e. The second-order valence-corrected chi connectivity index (χ2v) is 7.99. The van der Waals surface area contributed by atoms with E-state index < -0.39 is 23.9 Å². The van der Waals surface area contributed by atoms with Crippen molar-refractivity contribution < 1.29 is 32.3 Å². The van der Waals surface area contributed by atoms with E-state index in [0.717, 1.165) is 17.4 Å². The number of carbonyl (C=O) groups is 3. The Morgan fingerprint density at radius 1 is 1.26 bits per heavy atom. The number of thiazole rings is 1. The number of benzene rings is 1. The number of nitrogens with zero attached hydrogens (tertiary/aromatic N) is 1. The average Bonchev–Trinajstić information content (AvgIpc) is 3.09. The third-order valence-electron chi connectivity index (χ3n) is 4.57. The molecule has 0 saturated carbocycles. The maximum atomic E-state index is 12.6. The summed E-state index contributed by atoms with van der Waals surface area (Å²) < 4.78 is 41.6. The summed E-state index contributed by atoms with van der Waals surface area (Å²) >= 11 is 1.08. The zero-order valence-electron chi connectivity index (χ0n) is 16.5. The zero-order chi connectivity index (χ0) is 22.6. The number of ether oxygens (including phenoxy) is 1. The van der Waals surface area contributed by atoms with E-state index in [2.05, 4.69) is 20.4 Å². The van der Waals surface area contributed by atoms with Gasteiger partial charge in [-0.1, -0.05) is 36.5 Å². The lowest BCUT2D eigenvalue weighted by Crippen LogP contribution is -2.35. The van der Waals surface area contributed by atoms with E-state index in [9.17, 15) is 27.6 Å². The van der Waals surface area contributed by atoms with Crippen molar-refractivity contribution in [1.29, 1.82) is 0 Å². The molecule has 1 aromatic carbocycles. The van der Waals surface area contributed by atoms with E-state index in [1.165, 1.54) is 18.2 Å². The Balaban J connectivity index is 1.64. The number of fused-ring (bicyclic) bond motifs is 1. The minimum absolute atomic E-state index is 0.0376. The van der Waals surface area contributed by atoms with E-state index in [4.69, 9.17) is 0 Å². The number of nitrogens with one attached hydrogen (secondary N) is 2. The molecule has 1 heterocycles. The summed E-state index contributed by atoms with van der Waals surface area (Å²) in [6, 6.07) is 5.50. The van der Waals surface area contributed by atoms with Crippen LogP contribution in [0.5, 0.6) is 5.75 Å². The topological polar surface area (TPSA) is 97.4 Å². The molecule has 166 valence electrons. The van der Waals surface area contributed by atoms with Crippen LogP contribution in [-0.4, -0.2) is 28.9 Å². The van der Waals surface area contributed by atoms with Gasteiger partial charge in [0.2, 0.25) is 11.8 Å². The number of amides is 2. The Labute approximate surface area is 180 Å². The van der Waals surface area contributed by atoms with Crippen LogP contribution in [0, 0.1) is 5.92 Å². The van der Waals surface area contributed by atoms with Gasteiger partial charge in [-0.05, 0) is 12.5 Å². The van der Waals surface area contributed by atoms with Gasteiger partial charge in [0.25, 0.3) is 0 Å². The molecule has 11 heteroatoms. The van der Waals surface area contributed by atoms with Crippen LogP contribution in [0.4, 0.5) is 18.3 Å². The lowest BCUT2D eigenvalue weighted by molar-refractivity contribution is -0.274. The predicted octanol–water partition coefficient (Wildman–Crippen LogP) is 3.84. The number of aromatic nitrogens is 1. The first-order chi connectivity index (χ1) is 14.7. The first-order valence-corrected chi connectivity index (χ1v) is 10.4. The van der Waals surface area contributed by atoms with Gasteiger partial charge in [0.05, 0.1) is 16.5 Å². The first kappa shape index (κ1) is 22.7. The molecular weight excluding hydrogens is 435 g/mol. The van der Waals surface area contributed by atoms with Gasteiger partial charge in [-0.2, -0.15) is 0 Å². The molecule has 2 amide bonds. The van der Waals surface area contributed by atoms with Gasteiger partial charge in [0, 0.05) is 31.4 Å². The zero-order valence-corrected chi connectivity index (χ0v) is 17.4. The largest absolute Gasteiger partial charge is 0.573 e. The van der Waals surface area contributed by atoms with Gasteiger partial charge in [-0.25, -0.2) is 4.98 Å². The molecule has 2 aromatic rings. The van der Waals surface area contributed by atoms with Gasteiger partial charge in [-0.15, -0.1) is 13.2 Å². The second-order valence-electron chi connectivity index (χ2n) is 6.99. The lowest BCUT2D eigenvalue weighted by Gasteiger charge is -2.20. The fourth-order valence-corrected chi connectivity index (χ4v) is 4.14. The Morgan fingerprint density at radius 2 is 2.00 bits per heavy atom. The standard InChI is InChI=1S/C20H20F3N3O4S/c1-2-5-16(28)26-19-25-13-8-12(9-14(27)17(13)31-19)18(29)24-10-11-6-3-4-7-15(11)30-20(21,22)23/h3-4,6-7,12H,2,5,8-10H2,1H3,(H,24,29)(H,25,26,28). The van der Waals surface area contributed by atoms with Gasteiger partial charge in [0.15, 0.2) is 10.9 Å². The minimum Gasteiger partial charge on any atom is -0.405 e. The van der Waals surface area contributed by atoms with Crippen LogP contribution < -0.4 is 15.4 Å². The second kappa shape index (κ2) is 9.46. The molecule has 0 fully saturated rings. The number of para-hydroxylation sites is 1. The van der Waals surface area contributed by atoms with Crippen LogP contribution in [0.25, 0.3) is 0 Å². The molecule has 1 aliphatic rings. The number of hydrogen-bond donors (Lipinski definition) is 2. The Hall–Kier alpha value is -2.95. The molecule has 31 heavy (non-hydrogen) atoms. The number of alkyl halides is 3. The summed E-state index contributed by atoms with van der Waals surface area (Å²) in [5, 5.41) is 5.53. The van der Waals surface area contributed by atoms with Crippen LogP contribution >= 0.6 is 11.3 Å². The van der Waals surface area contributed by atoms with E-state index in [1.54, 1.807) is 0 Å². The van der Waals surface area contributed by atoms with Crippen molar-refractivity contribution in [2.24, 2.45) is 5.92 Å². The Bertz CT molecular complexity index is 990. The first-order valence-electron chi connectivity index (χ1n) is 9.60. The highest BCUT2D eigenvalue weighted by Gasteiger charge is 2.34. The summed E-state index contributed by atoms with van der Waals surface area (Å²) in [5.41, 5.74) is 0.597. The summed E-state index contributed by atoms with van der Waals surface area (Å²) in [5.74, 6) is -2.02. The molecule has 0 aliphatic heterocycles. The highest BCUT2D eigenvalue weighted by molar-refractivity contribution is 7.17. The number of carbonyl (C=O) groups excluding carboxylic acids is 3. The van der Waals surface area contributed by atoms with Crippen molar-refractivity contribution >= 4 is 34.1 Å². The molecule has 2 N–H and O–H groups in total. The SMILES string of the molecule is CCCC(=O)Nc1nc2c(s1)C(=O)CC(C(=O)NCc1ccccc1OC(F)(F)F)C2. The Kier molecular flexibility index (Phi) is 6.94. The van der Waals surface area contributed by atoms with Crippen molar-refractivity contribution in [2.75, 3.05) is 5.32 Å². The number of halogens is 3. The number of ketones is 1. The van der Waals surface area contributed by atoms with Gasteiger partial charge in [-0.3, -0.25) is 14.4 Å². The molecule has 3 rings (SSSR count).